The van der Waals surface area contributed by atoms with Gasteiger partial charge in [-0.1, -0.05) is 29.8 Å². The second-order valence-corrected chi connectivity index (χ2v) is 9.51. The van der Waals surface area contributed by atoms with E-state index in [0.29, 0.717) is 11.6 Å². The highest BCUT2D eigenvalue weighted by molar-refractivity contribution is 7.91. The Morgan fingerprint density at radius 2 is 2.08 bits per heavy atom. The highest BCUT2D eigenvalue weighted by Crippen LogP contribution is 2.25. The van der Waals surface area contributed by atoms with Crippen LogP contribution in [0.1, 0.15) is 12.0 Å². The smallest absolute Gasteiger partial charge is 0.240 e. The van der Waals surface area contributed by atoms with Crippen molar-refractivity contribution in [3.8, 4) is 11.3 Å². The Morgan fingerprint density at radius 3 is 2.72 bits per heavy atom. The summed E-state index contributed by atoms with van der Waals surface area (Å²) in [5, 5.41) is 5.26. The maximum Gasteiger partial charge on any atom is 0.240 e. The largest absolute Gasteiger partial charge is 0.301 e. The SMILES string of the molecule is Cc1ccc(-c2csc(NC(=O)CN(C)C3CCS(=O)(=O)C3)n2)cc1. The predicted octanol–water partition coefficient (Wildman–Crippen LogP) is 2.18. The van der Waals surface area contributed by atoms with Crippen LogP contribution in [0.3, 0.4) is 0 Å². The molecule has 2 heterocycles. The standard InChI is InChI=1S/C17H21N3O3S2/c1-12-3-5-13(6-4-12)15-10-24-17(18-15)19-16(21)9-20(2)14-7-8-25(22,23)11-14/h3-6,10,14H,7-9,11H2,1-2H3,(H,18,19,21). The van der Waals surface area contributed by atoms with Crippen LogP contribution in [0.15, 0.2) is 29.6 Å². The molecule has 1 unspecified atom stereocenters. The van der Waals surface area contributed by atoms with Crippen LogP contribution in [0.5, 0.6) is 0 Å². The molecule has 1 amide bonds. The van der Waals surface area contributed by atoms with Crippen molar-refractivity contribution in [1.82, 2.24) is 9.88 Å². The molecule has 2 aromatic rings. The Labute approximate surface area is 151 Å². The summed E-state index contributed by atoms with van der Waals surface area (Å²) in [7, 11) is -1.17. The summed E-state index contributed by atoms with van der Waals surface area (Å²) >= 11 is 1.38. The first-order valence-corrected chi connectivity index (χ1v) is 10.8. The van der Waals surface area contributed by atoms with Crippen molar-refractivity contribution < 1.29 is 13.2 Å². The minimum atomic E-state index is -2.95. The molecule has 3 rings (SSSR count). The van der Waals surface area contributed by atoms with Gasteiger partial charge < -0.3 is 5.32 Å². The molecule has 8 heteroatoms. The van der Waals surface area contributed by atoms with Gasteiger partial charge in [-0.25, -0.2) is 13.4 Å². The molecule has 1 N–H and O–H groups in total. The van der Waals surface area contributed by atoms with E-state index in [-0.39, 0.29) is 30.0 Å². The average Bonchev–Trinajstić information content (AvgIpc) is 3.14. The highest BCUT2D eigenvalue weighted by Gasteiger charge is 2.31. The second kappa shape index (κ2) is 7.23. The van der Waals surface area contributed by atoms with Gasteiger partial charge in [-0.2, -0.15) is 0 Å². The van der Waals surface area contributed by atoms with Gasteiger partial charge in [0.05, 0.1) is 23.7 Å². The van der Waals surface area contributed by atoms with Crippen LogP contribution in [0.25, 0.3) is 11.3 Å². The van der Waals surface area contributed by atoms with Gasteiger partial charge in [0.15, 0.2) is 15.0 Å². The molecule has 1 aromatic carbocycles. The van der Waals surface area contributed by atoms with Gasteiger partial charge in [-0.3, -0.25) is 9.69 Å². The van der Waals surface area contributed by atoms with Crippen LogP contribution in [0.4, 0.5) is 5.13 Å². The zero-order valence-corrected chi connectivity index (χ0v) is 15.9. The van der Waals surface area contributed by atoms with Crippen LogP contribution in [0.2, 0.25) is 0 Å². The Hall–Kier alpha value is -1.77. The van der Waals surface area contributed by atoms with Crippen LogP contribution >= 0.6 is 11.3 Å². The maximum atomic E-state index is 12.2. The molecule has 1 aliphatic heterocycles. The quantitative estimate of drug-likeness (QED) is 0.861. The first-order chi connectivity index (χ1) is 11.8. The first-order valence-electron chi connectivity index (χ1n) is 8.05. The number of nitrogens with one attached hydrogen (secondary N) is 1. The van der Waals surface area contributed by atoms with E-state index in [4.69, 9.17) is 0 Å². The van der Waals surface area contributed by atoms with Crippen LogP contribution in [-0.4, -0.2) is 55.3 Å². The van der Waals surface area contributed by atoms with E-state index in [1.165, 1.54) is 16.9 Å². The lowest BCUT2D eigenvalue weighted by Crippen LogP contribution is -2.38. The number of carbonyl (C=O) groups is 1. The minimum absolute atomic E-state index is 0.0878. The highest BCUT2D eigenvalue weighted by atomic mass is 32.2. The number of anilines is 1. The summed E-state index contributed by atoms with van der Waals surface area (Å²) < 4.78 is 23.1. The zero-order chi connectivity index (χ0) is 18.0. The van der Waals surface area contributed by atoms with E-state index in [0.717, 1.165) is 11.3 Å². The van der Waals surface area contributed by atoms with Gasteiger partial charge in [0.1, 0.15) is 0 Å². The number of hydrogen-bond acceptors (Lipinski definition) is 6. The maximum absolute atomic E-state index is 12.2. The van der Waals surface area contributed by atoms with Crippen LogP contribution < -0.4 is 5.32 Å². The Balaban J connectivity index is 1.57. The molecule has 0 aliphatic carbocycles. The number of amides is 1. The fraction of sp³-hybridized carbons (Fsp3) is 0.412. The molecule has 1 saturated heterocycles. The summed E-state index contributed by atoms with van der Waals surface area (Å²) in [6.45, 7) is 2.18. The monoisotopic (exact) mass is 379 g/mol. The number of aromatic nitrogens is 1. The number of hydrogen-bond donors (Lipinski definition) is 1. The number of rotatable bonds is 5. The molecule has 0 spiro atoms. The molecule has 1 atom stereocenters. The summed E-state index contributed by atoms with van der Waals surface area (Å²) in [6.07, 6.45) is 0.584. The molecule has 0 bridgehead atoms. The number of sulfone groups is 1. The molecular weight excluding hydrogens is 358 g/mol. The van der Waals surface area contributed by atoms with Crippen molar-refractivity contribution >= 4 is 32.2 Å². The summed E-state index contributed by atoms with van der Waals surface area (Å²) in [4.78, 5) is 18.4. The van der Waals surface area contributed by atoms with Gasteiger partial charge in [-0.15, -0.1) is 11.3 Å². The topological polar surface area (TPSA) is 79.4 Å². The van der Waals surface area contributed by atoms with Crippen LogP contribution in [-0.2, 0) is 14.6 Å². The third-order valence-electron chi connectivity index (χ3n) is 4.32. The molecule has 1 aliphatic rings. The fourth-order valence-electron chi connectivity index (χ4n) is 2.83. The average molecular weight is 380 g/mol. The summed E-state index contributed by atoms with van der Waals surface area (Å²) in [5.41, 5.74) is 3.02. The number of likely N-dealkylation sites (N-methyl/N-ethyl adjacent to an activating group) is 1. The van der Waals surface area contributed by atoms with E-state index >= 15 is 0 Å². The van der Waals surface area contributed by atoms with Gasteiger partial charge in [0.2, 0.25) is 5.91 Å². The number of carbonyl (C=O) groups excluding carboxylic acids is 1. The molecule has 6 nitrogen and oxygen atoms in total. The molecule has 1 aromatic heterocycles. The van der Waals surface area contributed by atoms with E-state index in [9.17, 15) is 13.2 Å². The third-order valence-corrected chi connectivity index (χ3v) is 6.83. The zero-order valence-electron chi connectivity index (χ0n) is 14.2. The lowest BCUT2D eigenvalue weighted by Gasteiger charge is -2.21. The molecule has 134 valence electrons. The van der Waals surface area contributed by atoms with Gasteiger partial charge in [0.25, 0.3) is 0 Å². The van der Waals surface area contributed by atoms with Gasteiger partial charge in [0, 0.05) is 17.0 Å². The van der Waals surface area contributed by atoms with E-state index in [1.807, 2.05) is 36.6 Å². The fourth-order valence-corrected chi connectivity index (χ4v) is 5.37. The van der Waals surface area contributed by atoms with Crippen LogP contribution in [0, 0.1) is 6.92 Å². The third kappa shape index (κ3) is 4.65. The van der Waals surface area contributed by atoms with Crippen molar-refractivity contribution in [2.75, 3.05) is 30.4 Å². The molecular formula is C17H21N3O3S2. The predicted molar refractivity (Wildman–Crippen MR) is 101 cm³/mol. The Kier molecular flexibility index (Phi) is 5.21. The number of nitrogens with zero attached hydrogens (tertiary/aromatic N) is 2. The van der Waals surface area contributed by atoms with Crippen molar-refractivity contribution in [3.63, 3.8) is 0 Å². The number of aryl methyl sites for hydroxylation is 1. The van der Waals surface area contributed by atoms with Crippen molar-refractivity contribution in [1.29, 1.82) is 0 Å². The lowest BCUT2D eigenvalue weighted by molar-refractivity contribution is -0.117. The van der Waals surface area contributed by atoms with Gasteiger partial charge in [-0.05, 0) is 20.4 Å². The summed E-state index contributed by atoms with van der Waals surface area (Å²) in [6, 6.07) is 7.97. The van der Waals surface area contributed by atoms with E-state index in [1.54, 1.807) is 11.9 Å². The summed E-state index contributed by atoms with van der Waals surface area (Å²) in [5.74, 6) is 0.151. The minimum Gasteiger partial charge on any atom is -0.301 e. The second-order valence-electron chi connectivity index (χ2n) is 6.42. The van der Waals surface area contributed by atoms with Crippen molar-refractivity contribution in [3.05, 3.63) is 35.2 Å². The molecule has 25 heavy (non-hydrogen) atoms. The van der Waals surface area contributed by atoms with Crippen molar-refractivity contribution in [2.45, 2.75) is 19.4 Å². The normalized spacial score (nSPS) is 19.2. The van der Waals surface area contributed by atoms with E-state index in [2.05, 4.69) is 10.3 Å². The molecule has 1 fully saturated rings. The number of benzene rings is 1. The van der Waals surface area contributed by atoms with E-state index < -0.39 is 9.84 Å². The molecule has 0 saturated carbocycles. The Bertz CT molecular complexity index is 860. The number of thiazole rings is 1. The first kappa shape index (κ1) is 18.0. The lowest BCUT2D eigenvalue weighted by atomic mass is 10.1. The van der Waals surface area contributed by atoms with Gasteiger partial charge >= 0.3 is 0 Å². The Morgan fingerprint density at radius 1 is 1.36 bits per heavy atom. The molecule has 0 radical (unpaired) electrons. The van der Waals surface area contributed by atoms with Crippen molar-refractivity contribution in [2.24, 2.45) is 0 Å².